The largest absolute Gasteiger partial charge is 0.309 e. The second-order valence-corrected chi connectivity index (χ2v) is 15.8. The van der Waals surface area contributed by atoms with Crippen molar-refractivity contribution in [1.29, 1.82) is 0 Å². The molecule has 1 spiro atoms. The average molecular weight is 698 g/mol. The van der Waals surface area contributed by atoms with Gasteiger partial charge in [0.25, 0.3) is 0 Å². The van der Waals surface area contributed by atoms with Crippen LogP contribution in [0.5, 0.6) is 0 Å². The molecule has 8 aromatic carbocycles. The zero-order valence-corrected chi connectivity index (χ0v) is 29.8. The minimum atomic E-state index is -0.465. The van der Waals surface area contributed by atoms with E-state index in [1.165, 1.54) is 91.6 Å². The summed E-state index contributed by atoms with van der Waals surface area (Å²) in [6, 6.07) is 69.7. The number of hydrogen-bond acceptors (Lipinski definition) is 2. The second-order valence-electron chi connectivity index (χ2n) is 13.6. The van der Waals surface area contributed by atoms with E-state index in [4.69, 9.17) is 0 Å². The first-order chi connectivity index (χ1) is 25.8. The molecule has 0 aliphatic carbocycles. The van der Waals surface area contributed by atoms with E-state index in [1.54, 1.807) is 0 Å². The quantitative estimate of drug-likeness (QED) is 0.181. The summed E-state index contributed by atoms with van der Waals surface area (Å²) in [5.41, 5.74) is 13.5. The van der Waals surface area contributed by atoms with Crippen LogP contribution < -0.4 is 0 Å². The van der Waals surface area contributed by atoms with Crippen molar-refractivity contribution in [2.24, 2.45) is 0 Å². The van der Waals surface area contributed by atoms with Crippen molar-refractivity contribution in [1.82, 2.24) is 4.57 Å². The molecular formula is C49H31NS2. The van der Waals surface area contributed by atoms with Gasteiger partial charge in [-0.05, 0) is 93.0 Å². The fourth-order valence-electron chi connectivity index (χ4n) is 8.72. The maximum Gasteiger partial charge on any atom is 0.0745 e. The third-order valence-electron chi connectivity index (χ3n) is 10.9. The van der Waals surface area contributed by atoms with Gasteiger partial charge in [-0.25, -0.2) is 0 Å². The molecule has 9 aromatic rings. The topological polar surface area (TPSA) is 4.93 Å². The van der Waals surface area contributed by atoms with E-state index >= 15 is 0 Å². The number of fused-ring (bicyclic) bond motifs is 11. The van der Waals surface area contributed by atoms with Crippen LogP contribution in [0.1, 0.15) is 22.3 Å². The Morgan fingerprint density at radius 3 is 1.77 bits per heavy atom. The van der Waals surface area contributed by atoms with Gasteiger partial charge in [-0.3, -0.25) is 0 Å². The highest BCUT2D eigenvalue weighted by atomic mass is 32.2. The van der Waals surface area contributed by atoms with Gasteiger partial charge < -0.3 is 4.57 Å². The molecule has 244 valence electrons. The molecule has 3 heteroatoms. The number of nitrogens with zero attached hydrogens (tertiary/aromatic N) is 1. The lowest BCUT2D eigenvalue weighted by atomic mass is 9.64. The van der Waals surface area contributed by atoms with E-state index in [2.05, 4.69) is 193 Å². The number of aromatic nitrogens is 1. The molecule has 0 atom stereocenters. The third kappa shape index (κ3) is 4.27. The number of benzene rings is 8. The molecule has 1 aromatic heterocycles. The van der Waals surface area contributed by atoms with Crippen LogP contribution in [0.15, 0.2) is 208 Å². The van der Waals surface area contributed by atoms with Crippen molar-refractivity contribution < 1.29 is 0 Å². The molecule has 0 saturated carbocycles. The predicted molar refractivity (Wildman–Crippen MR) is 218 cm³/mol. The molecule has 0 fully saturated rings. The average Bonchev–Trinajstić information content (AvgIpc) is 3.55. The van der Waals surface area contributed by atoms with Crippen molar-refractivity contribution in [2.75, 3.05) is 0 Å². The van der Waals surface area contributed by atoms with E-state index in [0.717, 1.165) is 0 Å². The zero-order valence-electron chi connectivity index (χ0n) is 28.2. The normalized spacial score (nSPS) is 13.8. The van der Waals surface area contributed by atoms with Crippen molar-refractivity contribution in [3.8, 4) is 27.9 Å². The summed E-state index contributed by atoms with van der Waals surface area (Å²) in [5, 5.41) is 2.53. The molecule has 2 aliphatic heterocycles. The Hall–Kier alpha value is -5.74. The van der Waals surface area contributed by atoms with E-state index < -0.39 is 5.41 Å². The number of rotatable bonds is 3. The molecule has 52 heavy (non-hydrogen) atoms. The fourth-order valence-corrected chi connectivity index (χ4v) is 11.3. The lowest BCUT2D eigenvalue weighted by Gasteiger charge is -2.46. The Labute approximate surface area is 311 Å². The van der Waals surface area contributed by atoms with Gasteiger partial charge in [0, 0.05) is 36.0 Å². The highest BCUT2D eigenvalue weighted by molar-refractivity contribution is 8.00. The molecule has 0 bridgehead atoms. The molecule has 11 rings (SSSR count). The monoisotopic (exact) mass is 697 g/mol. The van der Waals surface area contributed by atoms with Crippen molar-refractivity contribution in [3.63, 3.8) is 0 Å². The molecular weight excluding hydrogens is 667 g/mol. The van der Waals surface area contributed by atoms with Gasteiger partial charge in [-0.2, -0.15) is 0 Å². The van der Waals surface area contributed by atoms with Gasteiger partial charge in [0.15, 0.2) is 0 Å². The zero-order chi connectivity index (χ0) is 34.2. The molecule has 0 amide bonds. The molecule has 0 radical (unpaired) electrons. The first-order valence-corrected chi connectivity index (χ1v) is 19.4. The van der Waals surface area contributed by atoms with Crippen LogP contribution in [0, 0.1) is 0 Å². The van der Waals surface area contributed by atoms with Gasteiger partial charge in [0.2, 0.25) is 0 Å². The Morgan fingerprint density at radius 2 is 0.981 bits per heavy atom. The van der Waals surface area contributed by atoms with Gasteiger partial charge in [-0.15, -0.1) is 0 Å². The highest BCUT2D eigenvalue weighted by Gasteiger charge is 2.49. The van der Waals surface area contributed by atoms with Crippen LogP contribution in [0.25, 0.3) is 49.7 Å². The van der Waals surface area contributed by atoms with Crippen LogP contribution in [0.2, 0.25) is 0 Å². The van der Waals surface area contributed by atoms with Crippen LogP contribution in [-0.4, -0.2) is 4.57 Å². The highest BCUT2D eigenvalue weighted by Crippen LogP contribution is 2.63. The van der Waals surface area contributed by atoms with E-state index in [0.29, 0.717) is 0 Å². The SMILES string of the molecule is c1ccc(-c2ccc3c(c2)Sc2c(-c4ccc5c(c4)c4ccccc4n5-c4ccccc4)cccc2C32c3ccccc3Sc3ccccc32)cc1. The Morgan fingerprint density at radius 1 is 0.365 bits per heavy atom. The standard InChI is InChI=1S/C49H31NS2/c1-3-14-32(15-4-1)33-26-28-41-47(31-33)52-48-36(19-13-22-42(48)49(41)39-20-8-11-24-45(39)51-46-25-12-9-21-40(46)49)34-27-29-44-38(30-34)37-18-7-10-23-43(37)50(44)35-16-5-2-6-17-35/h1-31H. The van der Waals surface area contributed by atoms with Gasteiger partial charge in [0.05, 0.1) is 16.4 Å². The van der Waals surface area contributed by atoms with Crippen molar-refractivity contribution in [3.05, 3.63) is 210 Å². The Balaban J connectivity index is 1.20. The minimum absolute atomic E-state index is 0.465. The number of para-hydroxylation sites is 2. The summed E-state index contributed by atoms with van der Waals surface area (Å²) in [6.07, 6.45) is 0. The predicted octanol–water partition coefficient (Wildman–Crippen LogP) is 13.4. The van der Waals surface area contributed by atoms with Crippen LogP contribution in [0.4, 0.5) is 0 Å². The van der Waals surface area contributed by atoms with Gasteiger partial charge >= 0.3 is 0 Å². The van der Waals surface area contributed by atoms with Crippen LogP contribution in [-0.2, 0) is 5.41 Å². The molecule has 3 heterocycles. The summed E-state index contributed by atoms with van der Waals surface area (Å²) in [5.74, 6) is 0. The Kier molecular flexibility index (Phi) is 6.70. The van der Waals surface area contributed by atoms with Gasteiger partial charge in [0.1, 0.15) is 0 Å². The summed E-state index contributed by atoms with van der Waals surface area (Å²) < 4.78 is 2.40. The van der Waals surface area contributed by atoms with E-state index in [-0.39, 0.29) is 0 Å². The second kappa shape index (κ2) is 11.6. The summed E-state index contributed by atoms with van der Waals surface area (Å²) >= 11 is 3.82. The van der Waals surface area contributed by atoms with Crippen LogP contribution in [0.3, 0.4) is 0 Å². The first kappa shape index (κ1) is 29.9. The van der Waals surface area contributed by atoms with E-state index in [9.17, 15) is 0 Å². The summed E-state index contributed by atoms with van der Waals surface area (Å²) in [6.45, 7) is 0. The lowest BCUT2D eigenvalue weighted by molar-refractivity contribution is 0.668. The summed E-state index contributed by atoms with van der Waals surface area (Å²) in [4.78, 5) is 5.26. The van der Waals surface area contributed by atoms with Crippen molar-refractivity contribution in [2.45, 2.75) is 25.0 Å². The molecule has 0 saturated heterocycles. The molecule has 0 N–H and O–H groups in total. The first-order valence-electron chi connectivity index (χ1n) is 17.8. The van der Waals surface area contributed by atoms with Crippen LogP contribution >= 0.6 is 23.5 Å². The maximum atomic E-state index is 2.43. The maximum absolute atomic E-state index is 2.43. The molecule has 0 unspecified atom stereocenters. The number of hydrogen-bond donors (Lipinski definition) is 0. The Bertz CT molecular complexity index is 2810. The van der Waals surface area contributed by atoms with Gasteiger partial charge in [-0.1, -0.05) is 163 Å². The van der Waals surface area contributed by atoms with E-state index in [1.807, 2.05) is 23.5 Å². The molecule has 2 aliphatic rings. The minimum Gasteiger partial charge on any atom is -0.309 e. The lowest BCUT2D eigenvalue weighted by Crippen LogP contribution is -2.36. The smallest absolute Gasteiger partial charge is 0.0745 e. The third-order valence-corrected chi connectivity index (χ3v) is 13.3. The molecule has 1 nitrogen and oxygen atoms in total. The summed E-state index contributed by atoms with van der Waals surface area (Å²) in [7, 11) is 0. The fraction of sp³-hybridized carbons (Fsp3) is 0.0204. The van der Waals surface area contributed by atoms with Crippen molar-refractivity contribution >= 4 is 45.3 Å².